The molecule has 6 rings (SSSR count). The number of ether oxygens (including phenoxy) is 4. The first-order chi connectivity index (χ1) is 27.8. The first kappa shape index (κ1) is 46.0. The van der Waals surface area contributed by atoms with Crippen LogP contribution < -0.4 is 0 Å². The molecular formula is C44H68BO14-. The minimum absolute atomic E-state index is 0.0918. The quantitative estimate of drug-likeness (QED) is 0.185. The molecule has 0 amide bonds. The summed E-state index contributed by atoms with van der Waals surface area (Å²) < 4.78 is 53.1. The standard InChI is InChI=1S/C44H68BO14/c1-9-31-19-15-11-13-17-29(46)25-33(48)42(7,8)36-24-22-28(4)44(55-36)38-40(51)53-32(10-2)20-16-12-14-18-30(47)26-34(49)41(5,6)35-23-21-27(3)43(54-35)37(39(50)52-31)56-45(57-38,58-43)59-44/h11-12,15-16,27-32,35-38,46-47H,9-10,13-14,17-26H2,1-8H3/q-1/b15-11-,16-12-/t27-,28-,29+,30+,31+,32+,35+,36+,37+,38+,43+,44+,45?/m1/s1. The summed E-state index contributed by atoms with van der Waals surface area (Å²) in [4.78, 5) is 57.3. The van der Waals surface area contributed by atoms with Crippen molar-refractivity contribution in [1.82, 2.24) is 0 Å². The Morgan fingerprint density at radius 2 is 1.00 bits per heavy atom. The molecule has 4 fully saturated rings. The van der Waals surface area contributed by atoms with Gasteiger partial charge in [0.15, 0.2) is 23.8 Å². The number of fused-ring (bicyclic) bond motifs is 4. The van der Waals surface area contributed by atoms with Gasteiger partial charge in [0.1, 0.15) is 23.8 Å². The van der Waals surface area contributed by atoms with Crippen LogP contribution >= 0.6 is 0 Å². The van der Waals surface area contributed by atoms with Crippen LogP contribution in [0.25, 0.3) is 0 Å². The summed E-state index contributed by atoms with van der Waals surface area (Å²) in [6.07, 6.45) is 4.87. The Kier molecular flexibility index (Phi) is 14.1. The normalized spacial score (nSPS) is 44.8. The van der Waals surface area contributed by atoms with Crippen molar-refractivity contribution in [3.63, 3.8) is 0 Å². The van der Waals surface area contributed by atoms with E-state index in [9.17, 15) is 29.4 Å². The molecular weight excluding hydrogens is 763 g/mol. The number of ketones is 2. The molecule has 7 bridgehead atoms. The van der Waals surface area contributed by atoms with Gasteiger partial charge in [0.2, 0.25) is 0 Å². The second-order valence-corrected chi connectivity index (χ2v) is 19.0. The zero-order valence-corrected chi connectivity index (χ0v) is 36.4. The highest BCUT2D eigenvalue weighted by atomic mass is 17.0. The predicted molar refractivity (Wildman–Crippen MR) is 215 cm³/mol. The molecule has 0 aromatic rings. The second kappa shape index (κ2) is 18.1. The minimum atomic E-state index is -3.52. The highest BCUT2D eigenvalue weighted by Crippen LogP contribution is 2.57. The fourth-order valence-electron chi connectivity index (χ4n) is 9.52. The zero-order valence-electron chi connectivity index (χ0n) is 36.4. The third kappa shape index (κ3) is 9.19. The number of hydrogen-bond acceptors (Lipinski definition) is 14. The van der Waals surface area contributed by atoms with Crippen molar-refractivity contribution in [2.24, 2.45) is 22.7 Å². The van der Waals surface area contributed by atoms with Crippen LogP contribution in [-0.4, -0.2) is 101 Å². The molecule has 0 aliphatic carbocycles. The van der Waals surface area contributed by atoms with Crippen LogP contribution in [0, 0.1) is 22.7 Å². The van der Waals surface area contributed by atoms with E-state index in [1.807, 2.05) is 52.0 Å². The molecule has 332 valence electrons. The number of allylic oxidation sites excluding steroid dienone is 2. The number of aliphatic hydroxyl groups excluding tert-OH is 2. The van der Waals surface area contributed by atoms with E-state index in [-0.39, 0.29) is 24.4 Å². The molecule has 6 aliphatic rings. The topological polar surface area (TPSA) is 183 Å². The first-order valence-electron chi connectivity index (χ1n) is 22.2. The van der Waals surface area contributed by atoms with Crippen LogP contribution in [-0.2, 0) is 56.7 Å². The number of hydrogen-bond donors (Lipinski definition) is 2. The highest BCUT2D eigenvalue weighted by molar-refractivity contribution is 6.56. The Labute approximate surface area is 349 Å². The summed E-state index contributed by atoms with van der Waals surface area (Å²) in [5.41, 5.74) is -2.26. The molecule has 15 heteroatoms. The van der Waals surface area contributed by atoms with E-state index in [4.69, 9.17) is 37.6 Å². The van der Waals surface area contributed by atoms with Gasteiger partial charge in [-0.15, -0.1) is 0 Å². The number of aliphatic hydroxyl groups is 2. The van der Waals surface area contributed by atoms with Crippen molar-refractivity contribution in [3.05, 3.63) is 24.3 Å². The molecule has 0 aromatic heterocycles. The van der Waals surface area contributed by atoms with Gasteiger partial charge in [-0.25, -0.2) is 9.59 Å². The third-order valence-electron chi connectivity index (χ3n) is 14.0. The van der Waals surface area contributed by atoms with E-state index in [1.165, 1.54) is 0 Å². The summed E-state index contributed by atoms with van der Waals surface area (Å²) in [5, 5.41) is 21.9. The molecule has 6 heterocycles. The van der Waals surface area contributed by atoms with Gasteiger partial charge in [-0.3, -0.25) is 9.59 Å². The van der Waals surface area contributed by atoms with E-state index in [1.54, 1.807) is 27.7 Å². The summed E-state index contributed by atoms with van der Waals surface area (Å²) in [6.45, 7) is 11.1. The maximum atomic E-state index is 14.6. The Morgan fingerprint density at radius 3 is 1.37 bits per heavy atom. The van der Waals surface area contributed by atoms with E-state index < -0.39 is 102 Å². The molecule has 12 atom stereocenters. The smallest absolute Gasteiger partial charge is 0.504 e. The fourth-order valence-corrected chi connectivity index (χ4v) is 9.52. The number of esters is 2. The molecule has 6 aliphatic heterocycles. The molecule has 0 radical (unpaired) electrons. The van der Waals surface area contributed by atoms with Gasteiger partial charge in [0.25, 0.3) is 0 Å². The van der Waals surface area contributed by atoms with Crippen LogP contribution in [0.15, 0.2) is 24.3 Å². The molecule has 0 saturated carbocycles. The Morgan fingerprint density at radius 1 is 0.610 bits per heavy atom. The summed E-state index contributed by atoms with van der Waals surface area (Å²) >= 11 is 0. The average molecular weight is 832 g/mol. The van der Waals surface area contributed by atoms with Gasteiger partial charge < -0.3 is 47.8 Å². The molecule has 2 N–H and O–H groups in total. The number of Topliss-reactive ketones (excluding diaryl/α,β-unsaturated/α-hetero) is 2. The Balaban J connectivity index is 1.50. The van der Waals surface area contributed by atoms with E-state index in [2.05, 4.69) is 0 Å². The number of rotatable bonds is 2. The lowest BCUT2D eigenvalue weighted by atomic mass is 9.74. The third-order valence-corrected chi connectivity index (χ3v) is 14.0. The zero-order chi connectivity index (χ0) is 43.0. The van der Waals surface area contributed by atoms with E-state index in [0.717, 1.165) is 0 Å². The lowest BCUT2D eigenvalue weighted by molar-refractivity contribution is -0.302. The Hall–Kier alpha value is -2.50. The predicted octanol–water partition coefficient (Wildman–Crippen LogP) is 6.09. The first-order valence-corrected chi connectivity index (χ1v) is 22.2. The Bertz CT molecular complexity index is 1490. The molecule has 59 heavy (non-hydrogen) atoms. The van der Waals surface area contributed by atoms with Gasteiger partial charge in [0.05, 0.1) is 24.4 Å². The van der Waals surface area contributed by atoms with Gasteiger partial charge >= 0.3 is 18.9 Å². The van der Waals surface area contributed by atoms with Crippen LogP contribution in [0.2, 0.25) is 0 Å². The van der Waals surface area contributed by atoms with E-state index >= 15 is 0 Å². The highest BCUT2D eigenvalue weighted by Gasteiger charge is 2.73. The van der Waals surface area contributed by atoms with Crippen molar-refractivity contribution in [2.45, 2.75) is 206 Å². The lowest BCUT2D eigenvalue weighted by Crippen LogP contribution is -2.61. The summed E-state index contributed by atoms with van der Waals surface area (Å²) in [7, 11) is 0. The van der Waals surface area contributed by atoms with Crippen molar-refractivity contribution in [3.8, 4) is 0 Å². The maximum absolute atomic E-state index is 14.6. The van der Waals surface area contributed by atoms with Gasteiger partial charge in [-0.05, 0) is 64.2 Å². The molecule has 0 aromatic carbocycles. The average Bonchev–Trinajstić information content (AvgIpc) is 3.68. The summed E-state index contributed by atoms with van der Waals surface area (Å²) in [6, 6.07) is 0. The monoisotopic (exact) mass is 831 g/mol. The molecule has 4 saturated heterocycles. The van der Waals surface area contributed by atoms with Crippen LogP contribution in [0.5, 0.6) is 0 Å². The van der Waals surface area contributed by atoms with Crippen LogP contribution in [0.4, 0.5) is 0 Å². The number of carbonyl (C=O) groups is 4. The molecule has 14 nitrogen and oxygen atoms in total. The second-order valence-electron chi connectivity index (χ2n) is 19.0. The lowest BCUT2D eigenvalue weighted by Gasteiger charge is -2.51. The maximum Gasteiger partial charge on any atom is 0.536 e. The summed E-state index contributed by atoms with van der Waals surface area (Å²) in [5.74, 6) is -6.89. The van der Waals surface area contributed by atoms with Crippen molar-refractivity contribution >= 4 is 30.5 Å². The van der Waals surface area contributed by atoms with E-state index in [0.29, 0.717) is 77.0 Å². The van der Waals surface area contributed by atoms with Crippen molar-refractivity contribution < 1.29 is 67.0 Å². The van der Waals surface area contributed by atoms with Gasteiger partial charge in [-0.1, -0.05) is 79.7 Å². The fraction of sp³-hybridized carbons (Fsp3) is 0.818. The number of cyclic esters (lactones) is 2. The van der Waals surface area contributed by atoms with Gasteiger partial charge in [-0.2, -0.15) is 0 Å². The number of carbonyl (C=O) groups excluding carboxylic acids is 4. The van der Waals surface area contributed by atoms with Gasteiger partial charge in [0, 0.05) is 48.3 Å². The van der Waals surface area contributed by atoms with Crippen LogP contribution in [0.1, 0.15) is 145 Å². The molecule has 0 unspecified atom stereocenters. The largest absolute Gasteiger partial charge is 0.536 e. The minimum Gasteiger partial charge on any atom is -0.504 e. The van der Waals surface area contributed by atoms with Crippen LogP contribution in [0.3, 0.4) is 0 Å². The molecule has 3 spiro atoms. The SMILES string of the molecule is CC[C@H]1C/C=C\CC[C@H](O)CC(=O)C(C)(C)[C@@H]2CC[C@@H](C)[C@]3(O2)O[B-]24O[C@@H](C(=O)O1)[C@@]1(O[C@@H](CC[C@H]1C)C(C)(C)C(=O)C[C@@H](O)CC/C=C\C[C@H](CC)OC(=O)[C@@H]3O2)O4. The van der Waals surface area contributed by atoms with Crippen molar-refractivity contribution in [2.75, 3.05) is 0 Å². The van der Waals surface area contributed by atoms with Crippen molar-refractivity contribution in [1.29, 1.82) is 0 Å².